The Balaban J connectivity index is -0.00000000347. The van der Waals surface area contributed by atoms with Crippen molar-refractivity contribution in [1.82, 2.24) is 0 Å². The SMILES string of the molecule is COS(=O)(=O)O.[CH3-].[CH3-].[CH3-].[CH3-].[Cu+2].[Cu+2].[Mo+2].[S-][S-].[SH-].[SH-]. The average Bonchev–Trinajstić information content (AvgIpc) is 1.71. The largest absolute Gasteiger partial charge is 2.00 e. The molecule has 0 rings (SSSR count). The molecular formula is C5H18Cu2MoO4S5-2. The van der Waals surface area contributed by atoms with E-state index in [2.05, 4.69) is 27.5 Å². The fraction of sp³-hybridized carbons (Fsp3) is 0.200. The maximum absolute atomic E-state index is 9.33. The molecule has 1 N–H and O–H groups in total. The smallest absolute Gasteiger partial charge is 1.00 e. The summed E-state index contributed by atoms with van der Waals surface area (Å²) in [4.78, 5) is 0. The van der Waals surface area contributed by atoms with Gasteiger partial charge in [0, 0.05) is 0 Å². The summed E-state index contributed by atoms with van der Waals surface area (Å²) in [7, 11) is -3.29. The van der Waals surface area contributed by atoms with Gasteiger partial charge in [-0.1, -0.05) is 0 Å². The van der Waals surface area contributed by atoms with E-state index in [1.54, 1.807) is 0 Å². The van der Waals surface area contributed by atoms with Crippen LogP contribution in [0.1, 0.15) is 0 Å². The van der Waals surface area contributed by atoms with Crippen LogP contribution in [-0.4, -0.2) is 20.1 Å². The summed E-state index contributed by atoms with van der Waals surface area (Å²) in [5.74, 6) is 0. The number of hydrogen-bond acceptors (Lipinski definition) is 7. The maximum atomic E-state index is 9.33. The van der Waals surface area contributed by atoms with Crippen LogP contribution in [0.5, 0.6) is 0 Å². The molecule has 0 aromatic rings. The summed E-state index contributed by atoms with van der Waals surface area (Å²) in [5, 5.41) is 0. The predicted molar refractivity (Wildman–Crippen MR) is 76.5 cm³/mol. The van der Waals surface area contributed by atoms with Crippen molar-refractivity contribution < 1.29 is 72.4 Å². The summed E-state index contributed by atoms with van der Waals surface area (Å²) in [6, 6.07) is 0. The van der Waals surface area contributed by atoms with Gasteiger partial charge in [0.15, 0.2) is 0 Å². The van der Waals surface area contributed by atoms with E-state index >= 15 is 0 Å². The van der Waals surface area contributed by atoms with Gasteiger partial charge in [-0.2, -0.15) is 8.42 Å². The van der Waals surface area contributed by atoms with Gasteiger partial charge in [-0.3, -0.25) is 8.74 Å². The summed E-state index contributed by atoms with van der Waals surface area (Å²) in [6.45, 7) is 0. The van der Waals surface area contributed by atoms with E-state index in [-0.39, 0.29) is 112 Å². The third kappa shape index (κ3) is 153. The number of thiol groups is 2. The molecule has 0 fully saturated rings. The second-order valence-corrected chi connectivity index (χ2v) is 1.78. The van der Waals surface area contributed by atoms with Crippen molar-refractivity contribution in [2.45, 2.75) is 0 Å². The molecule has 0 aliphatic rings. The van der Waals surface area contributed by atoms with E-state index in [4.69, 9.17) is 4.55 Å². The van der Waals surface area contributed by atoms with Crippen LogP contribution in [0.4, 0.5) is 0 Å². The molecule has 0 unspecified atom stereocenters. The summed E-state index contributed by atoms with van der Waals surface area (Å²) in [5.41, 5.74) is 0. The molecule has 0 atom stereocenters. The second kappa shape index (κ2) is 61.6. The number of rotatable bonds is 1. The van der Waals surface area contributed by atoms with Crippen molar-refractivity contribution in [2.75, 3.05) is 7.11 Å². The Kier molecular flexibility index (Phi) is 323. The van der Waals surface area contributed by atoms with E-state index in [9.17, 15) is 8.42 Å². The fourth-order valence-electron chi connectivity index (χ4n) is 0. The van der Waals surface area contributed by atoms with Gasteiger partial charge in [0.05, 0.1) is 7.11 Å². The average molecular weight is 526 g/mol. The first-order chi connectivity index (χ1) is 3.56. The van der Waals surface area contributed by atoms with Gasteiger partial charge < -0.3 is 80.0 Å². The minimum Gasteiger partial charge on any atom is -1.00 e. The molecule has 0 saturated heterocycles. The molecule has 2 radical (unpaired) electrons. The van der Waals surface area contributed by atoms with Crippen LogP contribution >= 0.6 is 0 Å². The third-order valence-corrected chi connectivity index (χ3v) is 0.632. The van der Waals surface area contributed by atoms with Crippen molar-refractivity contribution in [3.63, 3.8) is 0 Å². The van der Waals surface area contributed by atoms with Crippen LogP contribution in [0.15, 0.2) is 0 Å². The molecule has 122 valence electrons. The van der Waals surface area contributed by atoms with E-state index in [0.717, 1.165) is 7.11 Å². The van der Waals surface area contributed by atoms with Gasteiger partial charge >= 0.3 is 65.6 Å². The van der Waals surface area contributed by atoms with Crippen LogP contribution in [0, 0.1) is 29.7 Å². The first-order valence-electron chi connectivity index (χ1n) is 1.26. The standard InChI is InChI=1S/CH4O4S.4CH3.2Cu.Mo.S2.2H2S/c1-5-6(2,3)4;;;;;;;;1-2;;/h1H3,(H,2,3,4);4*1H3;;;;;2*1H2/q;4*-1;3*+2;-2;;/p-2. The normalized spacial score (nSPS) is 4.47. The van der Waals surface area contributed by atoms with Crippen LogP contribution < -0.4 is 0 Å². The Hall–Kier alpha value is 3.00. The van der Waals surface area contributed by atoms with Gasteiger partial charge in [-0.25, -0.2) is 0 Å². The second-order valence-electron chi connectivity index (χ2n) is 0.594. The van der Waals surface area contributed by atoms with Crippen LogP contribution in [0.2, 0.25) is 0 Å². The van der Waals surface area contributed by atoms with E-state index in [1.807, 2.05) is 0 Å². The quantitative estimate of drug-likeness (QED) is 0.134. The van der Waals surface area contributed by atoms with Crippen LogP contribution in [-0.2, 0) is 120 Å². The zero-order valence-electron chi connectivity index (χ0n) is 9.80. The zero-order valence-corrected chi connectivity index (χ0v) is 17.9. The van der Waals surface area contributed by atoms with Gasteiger partial charge in [-0.15, -0.1) is 0 Å². The van der Waals surface area contributed by atoms with Crippen molar-refractivity contribution in [3.8, 4) is 0 Å². The van der Waals surface area contributed by atoms with Crippen molar-refractivity contribution in [2.24, 2.45) is 0 Å². The Bertz CT molecular complexity index is 138. The number of hydrogen-bond donors (Lipinski definition) is 1. The van der Waals surface area contributed by atoms with E-state index in [1.165, 1.54) is 0 Å². The van der Waals surface area contributed by atoms with Gasteiger partial charge in [0.1, 0.15) is 0 Å². The Morgan fingerprint density at radius 3 is 1.00 bits per heavy atom. The molecule has 12 heteroatoms. The fourth-order valence-corrected chi connectivity index (χ4v) is 0. The van der Waals surface area contributed by atoms with Crippen molar-refractivity contribution in [3.05, 3.63) is 29.7 Å². The molecule has 0 heterocycles. The van der Waals surface area contributed by atoms with Crippen LogP contribution in [0.3, 0.4) is 0 Å². The van der Waals surface area contributed by atoms with E-state index < -0.39 is 10.4 Å². The van der Waals surface area contributed by atoms with Crippen molar-refractivity contribution >= 4 is 60.7 Å². The molecular weight excluding hydrogens is 507 g/mol. The van der Waals surface area contributed by atoms with E-state index in [0.29, 0.717) is 0 Å². The first-order valence-corrected chi connectivity index (χ1v) is 3.96. The van der Waals surface area contributed by atoms with Gasteiger partial charge in [0.25, 0.3) is 0 Å². The predicted octanol–water partition coefficient (Wildman–Crippen LogP) is 0.684. The Labute approximate surface area is 168 Å². The molecule has 17 heavy (non-hydrogen) atoms. The first kappa shape index (κ1) is 89.2. The Morgan fingerprint density at radius 2 is 1.00 bits per heavy atom. The Morgan fingerprint density at radius 1 is 0.941 bits per heavy atom. The molecule has 0 spiro atoms. The third-order valence-electron chi connectivity index (χ3n) is 0.211. The molecule has 0 amide bonds. The van der Waals surface area contributed by atoms with Crippen LogP contribution in [0.25, 0.3) is 0 Å². The molecule has 0 saturated carbocycles. The molecule has 0 aliphatic carbocycles. The molecule has 0 bridgehead atoms. The topological polar surface area (TPSA) is 63.6 Å². The van der Waals surface area contributed by atoms with Gasteiger partial charge in [0.2, 0.25) is 0 Å². The minimum atomic E-state index is -4.16. The molecule has 4 nitrogen and oxygen atoms in total. The molecule has 0 aromatic heterocycles. The molecule has 0 aromatic carbocycles. The summed E-state index contributed by atoms with van der Waals surface area (Å²) >= 11 is 7.33. The maximum Gasteiger partial charge on any atom is 2.00 e. The van der Waals surface area contributed by atoms with Crippen molar-refractivity contribution in [1.29, 1.82) is 0 Å². The minimum absolute atomic E-state index is 0. The summed E-state index contributed by atoms with van der Waals surface area (Å²) < 4.78 is 29.7. The zero-order chi connectivity index (χ0) is 7.21. The van der Waals surface area contributed by atoms with Gasteiger partial charge in [-0.05, 0) is 0 Å². The monoisotopic (exact) mass is 526 g/mol. The summed E-state index contributed by atoms with van der Waals surface area (Å²) in [6.07, 6.45) is 0. The molecule has 0 aliphatic heterocycles.